The number of carbonyl (C=O) groups excluding carboxylic acids is 2. The standard InChI is InChI=1S/C24H28N5O2/c1-16-17(2)29-20-21(25-23(29)28(16)19-13-7-8-14-19)26(3)24(31)27(22(20)30)15-9-12-18-10-5-4-6-11-18/h4-6,9-12,19-20H,7-8,13-15H2,1-3H3/q+1/b12-9+. The number of aliphatic imine (C=N–C) groups is 1. The normalized spacial score (nSPS) is 21.3. The molecule has 1 unspecified atom stereocenters. The molecule has 1 saturated heterocycles. The van der Waals surface area contributed by atoms with E-state index < -0.39 is 6.04 Å². The van der Waals surface area contributed by atoms with Crippen molar-refractivity contribution in [1.29, 1.82) is 0 Å². The van der Waals surface area contributed by atoms with Gasteiger partial charge in [0.1, 0.15) is 11.4 Å². The van der Waals surface area contributed by atoms with Crippen molar-refractivity contribution in [3.63, 3.8) is 0 Å². The zero-order valence-corrected chi connectivity index (χ0v) is 18.3. The van der Waals surface area contributed by atoms with Crippen molar-refractivity contribution < 1.29 is 14.2 Å². The number of rotatable bonds is 4. The van der Waals surface area contributed by atoms with Gasteiger partial charge in [-0.15, -0.1) is 0 Å². The van der Waals surface area contributed by atoms with E-state index in [1.165, 1.54) is 22.6 Å². The Morgan fingerprint density at radius 3 is 2.55 bits per heavy atom. The van der Waals surface area contributed by atoms with Gasteiger partial charge < -0.3 is 0 Å². The van der Waals surface area contributed by atoms with Gasteiger partial charge in [0.05, 0.1) is 6.04 Å². The maximum atomic E-state index is 13.5. The molecule has 5 rings (SSSR count). The molecule has 3 aliphatic rings. The molecular formula is C24H28N5O2+. The first-order valence-electron chi connectivity index (χ1n) is 11.0. The predicted molar refractivity (Wildman–Crippen MR) is 118 cm³/mol. The molecule has 31 heavy (non-hydrogen) atoms. The van der Waals surface area contributed by atoms with Gasteiger partial charge >= 0.3 is 12.0 Å². The second kappa shape index (κ2) is 7.48. The molecule has 3 amide bonds. The molecule has 1 aromatic carbocycles. The van der Waals surface area contributed by atoms with Crippen LogP contribution in [-0.4, -0.2) is 45.7 Å². The highest BCUT2D eigenvalue weighted by Crippen LogP contribution is 2.38. The summed E-state index contributed by atoms with van der Waals surface area (Å²) < 4.78 is 4.32. The Morgan fingerprint density at radius 2 is 1.84 bits per heavy atom. The summed E-state index contributed by atoms with van der Waals surface area (Å²) in [6, 6.07) is 9.37. The average Bonchev–Trinajstić information content (AvgIpc) is 3.48. The van der Waals surface area contributed by atoms with E-state index in [1.807, 2.05) is 54.0 Å². The number of imide groups is 1. The number of likely N-dealkylation sites (N-methyl/N-ethyl adjacent to an activating group) is 1. The van der Waals surface area contributed by atoms with Crippen molar-refractivity contribution >= 4 is 29.8 Å². The van der Waals surface area contributed by atoms with Gasteiger partial charge in [-0.1, -0.05) is 47.5 Å². The van der Waals surface area contributed by atoms with Crippen LogP contribution in [0.5, 0.6) is 0 Å². The van der Waals surface area contributed by atoms with Gasteiger partial charge in [0.25, 0.3) is 5.91 Å². The van der Waals surface area contributed by atoms with Gasteiger partial charge in [0, 0.05) is 13.6 Å². The number of fused-ring (bicyclic) bond motifs is 3. The Bertz CT molecular complexity index is 1110. The zero-order chi connectivity index (χ0) is 21.7. The van der Waals surface area contributed by atoms with Crippen molar-refractivity contribution in [2.75, 3.05) is 13.6 Å². The Balaban J connectivity index is 1.48. The lowest BCUT2D eigenvalue weighted by molar-refractivity contribution is -0.683. The Hall–Kier alpha value is -3.22. The lowest BCUT2D eigenvalue weighted by atomic mass is 10.1. The summed E-state index contributed by atoms with van der Waals surface area (Å²) in [5, 5.41) is 0. The molecule has 0 bridgehead atoms. The lowest BCUT2D eigenvalue weighted by Gasteiger charge is -2.32. The van der Waals surface area contributed by atoms with Gasteiger partial charge in [-0.05, 0) is 45.1 Å². The second-order valence-corrected chi connectivity index (χ2v) is 8.63. The highest BCUT2D eigenvalue weighted by atomic mass is 16.2. The number of aromatic nitrogens is 2. The first kappa shape index (κ1) is 19.7. The van der Waals surface area contributed by atoms with Crippen molar-refractivity contribution in [1.82, 2.24) is 14.4 Å². The van der Waals surface area contributed by atoms with Gasteiger partial charge in [-0.2, -0.15) is 0 Å². The molecule has 7 heteroatoms. The monoisotopic (exact) mass is 418 g/mol. The maximum Gasteiger partial charge on any atom is 0.402 e. The van der Waals surface area contributed by atoms with E-state index in [0.29, 0.717) is 11.9 Å². The van der Waals surface area contributed by atoms with Crippen molar-refractivity contribution in [2.45, 2.75) is 51.6 Å². The van der Waals surface area contributed by atoms with Crippen LogP contribution < -0.4 is 4.57 Å². The summed E-state index contributed by atoms with van der Waals surface area (Å²) in [7, 11) is 1.71. The first-order chi connectivity index (χ1) is 15.0. The van der Waals surface area contributed by atoms with Gasteiger partial charge in [-0.25, -0.2) is 13.9 Å². The number of imidazole rings is 1. The summed E-state index contributed by atoms with van der Waals surface area (Å²) in [6.07, 6.45) is 8.51. The molecule has 1 saturated carbocycles. The van der Waals surface area contributed by atoms with Crippen LogP contribution in [0.3, 0.4) is 0 Å². The third kappa shape index (κ3) is 3.02. The highest BCUT2D eigenvalue weighted by Gasteiger charge is 2.54. The van der Waals surface area contributed by atoms with Crippen LogP contribution in [0.1, 0.15) is 54.7 Å². The first-order valence-corrected chi connectivity index (χ1v) is 11.0. The molecule has 0 N–H and O–H groups in total. The number of amidine groups is 1. The van der Waals surface area contributed by atoms with E-state index in [0.717, 1.165) is 35.7 Å². The molecule has 1 atom stereocenters. The van der Waals surface area contributed by atoms with Crippen LogP contribution in [0.15, 0.2) is 41.4 Å². The molecule has 160 valence electrons. The summed E-state index contributed by atoms with van der Waals surface area (Å²) in [4.78, 5) is 34.2. The van der Waals surface area contributed by atoms with Crippen LogP contribution in [0.2, 0.25) is 0 Å². The number of urea groups is 1. The molecule has 0 spiro atoms. The van der Waals surface area contributed by atoms with Crippen molar-refractivity contribution in [2.24, 2.45) is 4.99 Å². The second-order valence-electron chi connectivity index (χ2n) is 8.63. The van der Waals surface area contributed by atoms with Crippen LogP contribution in [0.25, 0.3) is 6.08 Å². The van der Waals surface area contributed by atoms with E-state index in [1.54, 1.807) is 7.05 Å². The fraction of sp³-hybridized carbons (Fsp3) is 0.417. The quantitative estimate of drug-likeness (QED) is 0.711. The van der Waals surface area contributed by atoms with E-state index >= 15 is 0 Å². The third-order valence-corrected chi connectivity index (χ3v) is 6.84. The lowest BCUT2D eigenvalue weighted by Crippen LogP contribution is -2.63. The Kier molecular flexibility index (Phi) is 4.76. The SMILES string of the molecule is Cc1c(C)[n+]2c(n1C1CCCC1)N=C1C2C(=O)N(C/C=C/c2ccccc2)C(=O)N1C. The summed E-state index contributed by atoms with van der Waals surface area (Å²) >= 11 is 0. The maximum absolute atomic E-state index is 13.5. The molecule has 7 nitrogen and oxygen atoms in total. The van der Waals surface area contributed by atoms with Crippen molar-refractivity contribution in [3.05, 3.63) is 53.4 Å². The van der Waals surface area contributed by atoms with Gasteiger partial charge in [0.15, 0.2) is 0 Å². The van der Waals surface area contributed by atoms with E-state index in [-0.39, 0.29) is 18.5 Å². The van der Waals surface area contributed by atoms with Crippen LogP contribution >= 0.6 is 0 Å². The summed E-state index contributed by atoms with van der Waals surface area (Å²) in [5.74, 6) is 1.12. The molecule has 2 aromatic rings. The predicted octanol–water partition coefficient (Wildman–Crippen LogP) is 3.70. The van der Waals surface area contributed by atoms with Gasteiger partial charge in [-0.3, -0.25) is 14.6 Å². The van der Waals surface area contributed by atoms with E-state index in [9.17, 15) is 9.59 Å². The molecule has 2 fully saturated rings. The van der Waals surface area contributed by atoms with Crippen LogP contribution in [-0.2, 0) is 4.79 Å². The van der Waals surface area contributed by atoms with E-state index in [4.69, 9.17) is 4.99 Å². The molecule has 2 aliphatic heterocycles. The average molecular weight is 419 g/mol. The third-order valence-electron chi connectivity index (χ3n) is 6.84. The fourth-order valence-electron chi connectivity index (χ4n) is 5.09. The highest BCUT2D eigenvalue weighted by molar-refractivity contribution is 6.19. The molecule has 3 heterocycles. The Labute approximate surface area is 182 Å². The topological polar surface area (TPSA) is 61.8 Å². The summed E-state index contributed by atoms with van der Waals surface area (Å²) in [6.45, 7) is 4.39. The minimum absolute atomic E-state index is 0.213. The molecule has 0 radical (unpaired) electrons. The zero-order valence-electron chi connectivity index (χ0n) is 18.3. The smallest absolute Gasteiger partial charge is 0.270 e. The fourth-order valence-corrected chi connectivity index (χ4v) is 5.09. The van der Waals surface area contributed by atoms with Crippen molar-refractivity contribution in [3.8, 4) is 0 Å². The number of hydrogen-bond donors (Lipinski definition) is 0. The number of hydrogen-bond acceptors (Lipinski definition) is 3. The van der Waals surface area contributed by atoms with Crippen LogP contribution in [0.4, 0.5) is 10.7 Å². The number of nitrogens with zero attached hydrogens (tertiary/aromatic N) is 5. The largest absolute Gasteiger partial charge is 0.402 e. The summed E-state index contributed by atoms with van der Waals surface area (Å²) in [5.41, 5.74) is 3.24. The van der Waals surface area contributed by atoms with Gasteiger partial charge in [0.2, 0.25) is 11.9 Å². The number of amides is 3. The molecule has 1 aliphatic carbocycles. The molecular weight excluding hydrogens is 390 g/mol. The molecule has 1 aromatic heterocycles. The minimum Gasteiger partial charge on any atom is -0.270 e. The minimum atomic E-state index is -0.579. The number of benzene rings is 1. The Morgan fingerprint density at radius 1 is 1.13 bits per heavy atom. The number of carbonyl (C=O) groups is 2. The van der Waals surface area contributed by atoms with Crippen LogP contribution in [0, 0.1) is 13.8 Å². The van der Waals surface area contributed by atoms with E-state index in [2.05, 4.69) is 11.5 Å².